The van der Waals surface area contributed by atoms with E-state index in [1.165, 1.54) is 0 Å². The molecule has 0 amide bonds. The van der Waals surface area contributed by atoms with Gasteiger partial charge in [-0.2, -0.15) is 0 Å². The molecule has 0 saturated carbocycles. The summed E-state index contributed by atoms with van der Waals surface area (Å²) >= 11 is 0. The van der Waals surface area contributed by atoms with Crippen molar-refractivity contribution in [2.45, 2.75) is 0 Å². The second kappa shape index (κ2) is 36.1. The van der Waals surface area contributed by atoms with Crippen LogP contribution in [0.4, 0.5) is 0 Å². The van der Waals surface area contributed by atoms with Gasteiger partial charge in [-0.1, -0.05) is 0 Å². The van der Waals surface area contributed by atoms with Crippen molar-refractivity contribution < 1.29 is 21.1 Å². The van der Waals surface area contributed by atoms with Gasteiger partial charge in [0.2, 0.25) is 0 Å². The predicted octanol–water partition coefficient (Wildman–Crippen LogP) is -1.08. The number of hydrogen-bond acceptors (Lipinski definition) is 4. The minimum atomic E-state index is 0. The zero-order valence-electron chi connectivity index (χ0n) is 2.20. The van der Waals surface area contributed by atoms with E-state index in [0.717, 1.165) is 0 Å². The zero-order valence-corrected chi connectivity index (χ0v) is 8.71. The molecule has 0 saturated heterocycles. The SMILES string of the molecule is [SH-].[SH-].[SH-].[SH-].[W+4]. The summed E-state index contributed by atoms with van der Waals surface area (Å²) in [6.45, 7) is 0. The Morgan fingerprint density at radius 1 is 0.400 bits per heavy atom. The number of thiol groups is 4. The van der Waals surface area contributed by atoms with Gasteiger partial charge in [0.1, 0.15) is 0 Å². The number of hydrogen-bond donors (Lipinski definition) is 0. The first-order valence-corrected chi connectivity index (χ1v) is 0. The molecule has 0 bridgehead atoms. The smallest absolute Gasteiger partial charge is 0.813 e. The van der Waals surface area contributed by atoms with Crippen LogP contribution >= 0.6 is 0 Å². The molecule has 0 fully saturated rings. The summed E-state index contributed by atoms with van der Waals surface area (Å²) in [7, 11) is 0. The molecule has 5 heteroatoms. The van der Waals surface area contributed by atoms with Gasteiger partial charge in [-0.3, -0.25) is 0 Å². The van der Waals surface area contributed by atoms with Crippen LogP contribution in [0.25, 0.3) is 0 Å². The molecule has 0 rings (SSSR count). The fourth-order valence-electron chi connectivity index (χ4n) is 0. The van der Waals surface area contributed by atoms with E-state index in [-0.39, 0.29) is 75.0 Å². The Morgan fingerprint density at radius 2 is 0.400 bits per heavy atom. The fourth-order valence-corrected chi connectivity index (χ4v) is 0. The van der Waals surface area contributed by atoms with E-state index in [4.69, 9.17) is 0 Å². The Morgan fingerprint density at radius 3 is 0.400 bits per heavy atom. The van der Waals surface area contributed by atoms with Crippen molar-refractivity contribution in [1.82, 2.24) is 0 Å². The molecule has 0 heterocycles. The van der Waals surface area contributed by atoms with Gasteiger partial charge in [-0.05, 0) is 0 Å². The molecular weight excluding hydrogens is 312 g/mol. The minimum absolute atomic E-state index is 0. The van der Waals surface area contributed by atoms with Crippen LogP contribution in [0.2, 0.25) is 0 Å². The Labute approximate surface area is 74.5 Å². The average molecular weight is 316 g/mol. The Balaban J connectivity index is 0. The van der Waals surface area contributed by atoms with Crippen molar-refractivity contribution >= 4 is 54.0 Å². The van der Waals surface area contributed by atoms with Gasteiger partial charge >= 0.3 is 21.1 Å². The third-order valence-corrected chi connectivity index (χ3v) is 0. The molecule has 34 valence electrons. The summed E-state index contributed by atoms with van der Waals surface area (Å²) in [4.78, 5) is 0. The standard InChI is InChI=1S/4H2S.W/h4*1H2;/q;;;;+4/p-4. The van der Waals surface area contributed by atoms with E-state index in [1.54, 1.807) is 0 Å². The van der Waals surface area contributed by atoms with E-state index in [1.807, 2.05) is 0 Å². The molecule has 0 unspecified atom stereocenters. The van der Waals surface area contributed by atoms with Crippen LogP contribution in [0.5, 0.6) is 0 Å². The van der Waals surface area contributed by atoms with Gasteiger partial charge in [0.25, 0.3) is 0 Å². The van der Waals surface area contributed by atoms with Gasteiger partial charge < -0.3 is 54.0 Å². The molecule has 0 spiro atoms. The average Bonchev–Trinajstić information content (AvgIpc) is 0. The fraction of sp³-hybridized carbons (Fsp3) is 0. The topological polar surface area (TPSA) is 0 Å². The summed E-state index contributed by atoms with van der Waals surface area (Å²) < 4.78 is 0. The zero-order chi connectivity index (χ0) is 0. The third-order valence-electron chi connectivity index (χ3n) is 0. The Bertz CT molecular complexity index is 3.61. The van der Waals surface area contributed by atoms with Crippen LogP contribution in [0, 0.1) is 0 Å². The summed E-state index contributed by atoms with van der Waals surface area (Å²) in [5.41, 5.74) is 0. The van der Waals surface area contributed by atoms with Crippen LogP contribution in [-0.2, 0) is 75.0 Å². The molecule has 0 radical (unpaired) electrons. The maximum absolute atomic E-state index is 0. The van der Waals surface area contributed by atoms with E-state index >= 15 is 0 Å². The summed E-state index contributed by atoms with van der Waals surface area (Å²) in [5, 5.41) is 0. The van der Waals surface area contributed by atoms with Gasteiger partial charge in [0.15, 0.2) is 0 Å². The van der Waals surface area contributed by atoms with Crippen LogP contribution in [0.15, 0.2) is 0 Å². The van der Waals surface area contributed by atoms with Crippen LogP contribution in [-0.4, -0.2) is 0 Å². The maximum atomic E-state index is 0. The van der Waals surface area contributed by atoms with Crippen molar-refractivity contribution in [3.05, 3.63) is 0 Å². The second-order valence-electron chi connectivity index (χ2n) is 0. The monoisotopic (exact) mass is 316 g/mol. The quantitative estimate of drug-likeness (QED) is 0.412. The molecule has 0 aromatic heterocycles. The molecule has 0 nitrogen and oxygen atoms in total. The molecule has 5 heavy (non-hydrogen) atoms. The van der Waals surface area contributed by atoms with E-state index < -0.39 is 0 Å². The summed E-state index contributed by atoms with van der Waals surface area (Å²) in [5.74, 6) is 0. The minimum Gasteiger partial charge on any atom is -0.813 e. The largest absolute Gasteiger partial charge is 4.00 e. The van der Waals surface area contributed by atoms with Gasteiger partial charge in [0, 0.05) is 0 Å². The van der Waals surface area contributed by atoms with Crippen molar-refractivity contribution in [2.24, 2.45) is 0 Å². The first-order valence-electron chi connectivity index (χ1n) is 0. The molecule has 0 aromatic carbocycles. The molecule has 0 atom stereocenters. The van der Waals surface area contributed by atoms with E-state index in [9.17, 15) is 0 Å². The number of rotatable bonds is 0. The molecule has 0 aliphatic rings. The van der Waals surface area contributed by atoms with Gasteiger partial charge in [-0.15, -0.1) is 0 Å². The summed E-state index contributed by atoms with van der Waals surface area (Å²) in [6, 6.07) is 0. The van der Waals surface area contributed by atoms with Gasteiger partial charge in [-0.25, -0.2) is 0 Å². The van der Waals surface area contributed by atoms with Crippen LogP contribution in [0.1, 0.15) is 0 Å². The predicted molar refractivity (Wildman–Crippen MR) is 35.0 cm³/mol. The molecule has 0 aromatic rings. The molecular formula is H4S4W. The Kier molecular flexibility index (Phi) is 436. The third kappa shape index (κ3) is 23.3. The maximum Gasteiger partial charge on any atom is 4.00 e. The molecule has 0 aliphatic carbocycles. The van der Waals surface area contributed by atoms with Gasteiger partial charge in [0.05, 0.1) is 0 Å². The van der Waals surface area contributed by atoms with Crippen molar-refractivity contribution in [2.75, 3.05) is 0 Å². The first kappa shape index (κ1) is 60.2. The van der Waals surface area contributed by atoms with Crippen molar-refractivity contribution in [3.8, 4) is 0 Å². The van der Waals surface area contributed by atoms with E-state index in [0.29, 0.717) is 0 Å². The van der Waals surface area contributed by atoms with Crippen molar-refractivity contribution in [1.29, 1.82) is 0 Å². The molecule has 0 aliphatic heterocycles. The first-order chi connectivity index (χ1) is 0. The summed E-state index contributed by atoms with van der Waals surface area (Å²) in [6.07, 6.45) is 0. The van der Waals surface area contributed by atoms with Crippen molar-refractivity contribution in [3.63, 3.8) is 0 Å². The van der Waals surface area contributed by atoms with E-state index in [2.05, 4.69) is 0 Å². The second-order valence-corrected chi connectivity index (χ2v) is 0. The Hall–Kier alpha value is 2.09. The normalized spacial score (nSPS) is 0. The van der Waals surface area contributed by atoms with Crippen LogP contribution in [0.3, 0.4) is 0 Å². The molecule has 0 N–H and O–H groups in total. The van der Waals surface area contributed by atoms with Crippen LogP contribution < -0.4 is 0 Å².